The second kappa shape index (κ2) is 37.7. The molecule has 0 N–H and O–H groups in total. The Balaban J connectivity index is -0.00000112. The highest BCUT2D eigenvalue weighted by molar-refractivity contribution is 5.86. The number of anilines is 1. The highest BCUT2D eigenvalue weighted by Crippen LogP contribution is 2.45. The van der Waals surface area contributed by atoms with Crippen LogP contribution in [0.4, 0.5) is 10.1 Å². The van der Waals surface area contributed by atoms with Gasteiger partial charge in [-0.1, -0.05) is 193 Å². The lowest BCUT2D eigenvalue weighted by Crippen LogP contribution is -2.29. The molecule has 2 aromatic rings. The number of benzene rings is 1. The van der Waals surface area contributed by atoms with E-state index in [1.165, 1.54) is 112 Å². The summed E-state index contributed by atoms with van der Waals surface area (Å²) in [5.74, 6) is 3.68. The Morgan fingerprint density at radius 1 is 0.848 bits per heavy atom. The van der Waals surface area contributed by atoms with Crippen molar-refractivity contribution in [1.29, 1.82) is 0 Å². The summed E-state index contributed by atoms with van der Waals surface area (Å²) in [7, 11) is 0. The van der Waals surface area contributed by atoms with Crippen LogP contribution in [0.3, 0.4) is 0 Å². The quantitative estimate of drug-likeness (QED) is 0.177. The highest BCUT2D eigenvalue weighted by atomic mass is 19.1. The monoisotopic (exact) mass is 916 g/mol. The predicted octanol–water partition coefficient (Wildman–Crippen LogP) is 21.2. The van der Waals surface area contributed by atoms with Crippen LogP contribution >= 0.6 is 0 Å². The molecule has 2 unspecified atom stereocenters. The third kappa shape index (κ3) is 24.1. The molecule has 0 radical (unpaired) electrons. The Hall–Kier alpha value is -3.27. The van der Waals surface area contributed by atoms with Gasteiger partial charge in [-0.15, -0.1) is 13.2 Å². The van der Waals surface area contributed by atoms with Crippen molar-refractivity contribution in [3.05, 3.63) is 108 Å². The zero-order valence-corrected chi connectivity index (χ0v) is 47.7. The lowest BCUT2D eigenvalue weighted by molar-refractivity contribution is 0.166. The molecule has 0 bridgehead atoms. The summed E-state index contributed by atoms with van der Waals surface area (Å²) in [6, 6.07) is 8.67. The van der Waals surface area contributed by atoms with Gasteiger partial charge in [0.1, 0.15) is 6.34 Å². The molecule has 66 heavy (non-hydrogen) atoms. The molecule has 2 fully saturated rings. The molecule has 1 aromatic heterocycles. The van der Waals surface area contributed by atoms with E-state index in [9.17, 15) is 4.39 Å². The molecule has 5 rings (SSSR count). The number of aliphatic imine (C=N–C) groups is 1. The third-order valence-electron chi connectivity index (χ3n) is 12.6. The number of hydrogen-bond donors (Lipinski definition) is 0. The van der Waals surface area contributed by atoms with Crippen molar-refractivity contribution in [2.24, 2.45) is 34.1 Å². The van der Waals surface area contributed by atoms with Gasteiger partial charge < -0.3 is 4.90 Å². The summed E-state index contributed by atoms with van der Waals surface area (Å²) in [6.07, 6.45) is 25.7. The molecule has 2 aliphatic carbocycles. The molecule has 0 amide bonds. The van der Waals surface area contributed by atoms with E-state index in [0.29, 0.717) is 11.1 Å². The van der Waals surface area contributed by atoms with Crippen LogP contribution in [0.15, 0.2) is 90.0 Å². The lowest BCUT2D eigenvalue weighted by Gasteiger charge is -2.38. The predicted molar refractivity (Wildman–Crippen MR) is 301 cm³/mol. The minimum absolute atomic E-state index is 0.0513. The van der Waals surface area contributed by atoms with Gasteiger partial charge in [-0.05, 0) is 136 Å². The molecule has 0 saturated heterocycles. The molecule has 3 aliphatic rings. The van der Waals surface area contributed by atoms with Crippen LogP contribution in [0.1, 0.15) is 251 Å². The fourth-order valence-corrected chi connectivity index (χ4v) is 8.66. The summed E-state index contributed by atoms with van der Waals surface area (Å²) >= 11 is 0. The molecule has 2 atom stereocenters. The number of aryl methyl sites for hydroxylation is 1. The zero-order valence-electron chi connectivity index (χ0n) is 47.7. The van der Waals surface area contributed by atoms with Gasteiger partial charge in [0.2, 0.25) is 0 Å². The zero-order chi connectivity index (χ0) is 51.6. The highest BCUT2D eigenvalue weighted by Gasteiger charge is 2.34. The Kier molecular flexibility index (Phi) is 38.3. The van der Waals surface area contributed by atoms with Crippen molar-refractivity contribution < 1.29 is 4.39 Å². The van der Waals surface area contributed by atoms with Gasteiger partial charge in [0.05, 0.1) is 17.6 Å². The molecular weight excluding hydrogens is 806 g/mol. The number of hydrogen-bond acceptors (Lipinski definition) is 3. The molecule has 0 spiro atoms. The molecule has 1 aliphatic heterocycles. The van der Waals surface area contributed by atoms with E-state index in [2.05, 4.69) is 160 Å². The van der Waals surface area contributed by atoms with Gasteiger partial charge in [0.25, 0.3) is 0 Å². The van der Waals surface area contributed by atoms with Crippen molar-refractivity contribution in [2.75, 3.05) is 4.90 Å². The van der Waals surface area contributed by atoms with Crippen LogP contribution in [-0.4, -0.2) is 11.3 Å². The molecule has 380 valence electrons. The summed E-state index contributed by atoms with van der Waals surface area (Å²) in [5.41, 5.74) is 9.40. The number of pyridine rings is 1. The number of rotatable bonds is 14. The maximum absolute atomic E-state index is 14.3. The van der Waals surface area contributed by atoms with Crippen LogP contribution < -0.4 is 4.90 Å². The smallest absolute Gasteiger partial charge is 0.165 e. The average molecular weight is 917 g/mol. The van der Waals surface area contributed by atoms with E-state index >= 15 is 0 Å². The largest absolute Gasteiger partial charge is 0.302 e. The second-order valence-corrected chi connectivity index (χ2v) is 20.2. The van der Waals surface area contributed by atoms with E-state index in [1.54, 1.807) is 23.5 Å². The summed E-state index contributed by atoms with van der Waals surface area (Å²) in [5, 5.41) is 0. The van der Waals surface area contributed by atoms with Crippen LogP contribution in [0, 0.1) is 41.8 Å². The van der Waals surface area contributed by atoms with E-state index in [-0.39, 0.29) is 17.2 Å². The number of nitrogens with zero attached hydrogens (tertiary/aromatic N) is 3. The first-order valence-electron chi connectivity index (χ1n) is 26.9. The number of allylic oxidation sites excluding steroid dienone is 4. The fraction of sp³-hybridized carbons (Fsp3) is 0.677. The van der Waals surface area contributed by atoms with E-state index in [0.717, 1.165) is 47.1 Å². The van der Waals surface area contributed by atoms with Crippen molar-refractivity contribution in [3.63, 3.8) is 0 Å². The minimum Gasteiger partial charge on any atom is -0.302 e. The normalized spacial score (nSPS) is 18.0. The van der Waals surface area contributed by atoms with Crippen molar-refractivity contribution in [2.45, 2.75) is 247 Å². The molecular formula is C62H110FN3. The van der Waals surface area contributed by atoms with Gasteiger partial charge in [0, 0.05) is 23.2 Å². The molecule has 3 nitrogen and oxygen atoms in total. The molecule has 1 aromatic carbocycles. The van der Waals surface area contributed by atoms with Crippen molar-refractivity contribution in [1.82, 2.24) is 4.98 Å². The maximum atomic E-state index is 14.3. The summed E-state index contributed by atoms with van der Waals surface area (Å²) < 4.78 is 14.3. The number of aromatic nitrogens is 1. The topological polar surface area (TPSA) is 28.5 Å². The van der Waals surface area contributed by atoms with Crippen LogP contribution in [0.2, 0.25) is 0 Å². The van der Waals surface area contributed by atoms with Gasteiger partial charge in [-0.25, -0.2) is 9.38 Å². The van der Waals surface area contributed by atoms with E-state index in [4.69, 9.17) is 4.99 Å². The average Bonchev–Trinajstić information content (AvgIpc) is 3.25. The first kappa shape index (κ1) is 67.0. The van der Waals surface area contributed by atoms with Gasteiger partial charge in [0.15, 0.2) is 5.82 Å². The van der Waals surface area contributed by atoms with Crippen LogP contribution in [0.5, 0.6) is 0 Å². The van der Waals surface area contributed by atoms with E-state index in [1.807, 2.05) is 34.6 Å². The van der Waals surface area contributed by atoms with Gasteiger partial charge in [-0.3, -0.25) is 4.98 Å². The standard InChI is InChI=1S/C33H42FN3.C13H26.C4H10.2C3H8.2C2H6.C2H4/c1-8-33(22(2)3,16-14-27-10-9-11-27)29-13-12-28(18-24(29)5)23(4)19-31-25(6)26(7)37(21-36-31)32-15-17-35-20-30(32)34;1-5-7-13(3,4)8-6-12-9-11(2)10-12;1-4(2)3;2*1-3-2;3*1-2/h12-13,15,17-21,23,27H,2,8-11,14,16H2,1,3-7H3;11-12H,5-10H2,1-4H3;4H,1-3H3;2*3H2,1-2H3;2*1-2H3;1-2H2/b31-19+;;;;;;;. The minimum atomic E-state index is -0.358. The van der Waals surface area contributed by atoms with E-state index < -0.39 is 0 Å². The molecule has 4 heteroatoms. The summed E-state index contributed by atoms with van der Waals surface area (Å²) in [6.45, 7) is 56.1. The van der Waals surface area contributed by atoms with Gasteiger partial charge >= 0.3 is 0 Å². The van der Waals surface area contributed by atoms with Crippen LogP contribution in [0.25, 0.3) is 0 Å². The van der Waals surface area contributed by atoms with Crippen molar-refractivity contribution in [3.8, 4) is 0 Å². The lowest BCUT2D eigenvalue weighted by atomic mass is 9.66. The van der Waals surface area contributed by atoms with Crippen LogP contribution in [-0.2, 0) is 5.41 Å². The first-order valence-corrected chi connectivity index (χ1v) is 26.9. The molecule has 2 heterocycles. The third-order valence-corrected chi connectivity index (χ3v) is 12.6. The van der Waals surface area contributed by atoms with Gasteiger partial charge in [-0.2, -0.15) is 0 Å². The second-order valence-electron chi connectivity index (χ2n) is 20.2. The number of halogens is 1. The van der Waals surface area contributed by atoms with Crippen molar-refractivity contribution >= 4 is 12.0 Å². The first-order chi connectivity index (χ1) is 31.3. The SMILES string of the molecule is C=C.C=C(C)C(CC)(CCC1CCC1)c1ccc(C(C)/C=C2/N=CN(c3ccncc3F)C(C)=C2C)cc1C.CC.CC.CC(C)C.CCC.CCC.CCCC(C)(C)CCC1CC(C)C1. The fourth-order valence-electron chi connectivity index (χ4n) is 8.66. The Labute approximate surface area is 412 Å². The Morgan fingerprint density at radius 3 is 1.80 bits per heavy atom. The maximum Gasteiger partial charge on any atom is 0.165 e. The summed E-state index contributed by atoms with van der Waals surface area (Å²) in [4.78, 5) is 10.4. The Bertz CT molecular complexity index is 1630. The Morgan fingerprint density at radius 2 is 1.38 bits per heavy atom. The molecule has 2 saturated carbocycles.